The molecule has 3 aromatic carbocycles. The van der Waals surface area contributed by atoms with E-state index in [1.165, 1.54) is 5.56 Å². The van der Waals surface area contributed by atoms with Crippen LogP contribution in [0.2, 0.25) is 0 Å². The van der Waals surface area contributed by atoms with Crippen LogP contribution in [0, 0.1) is 0 Å². The SMILES string of the molecule is c1ccc(OP(Oc2ccccc2)c2cccc3c2OCC3)cc1. The fourth-order valence-corrected chi connectivity index (χ4v) is 4.05. The molecule has 0 amide bonds. The van der Waals surface area contributed by atoms with E-state index in [0.29, 0.717) is 6.61 Å². The van der Waals surface area contributed by atoms with Crippen molar-refractivity contribution in [3.63, 3.8) is 0 Å². The molecule has 0 aromatic heterocycles. The number of benzene rings is 3. The van der Waals surface area contributed by atoms with Gasteiger partial charge in [-0.2, -0.15) is 0 Å². The van der Waals surface area contributed by atoms with E-state index < -0.39 is 8.38 Å². The van der Waals surface area contributed by atoms with Gasteiger partial charge in [0.25, 0.3) is 0 Å². The molecule has 1 aliphatic heterocycles. The zero-order chi connectivity index (χ0) is 16.2. The smallest absolute Gasteiger partial charge is 0.329 e. The number of ether oxygens (including phenoxy) is 1. The van der Waals surface area contributed by atoms with Crippen molar-refractivity contribution in [2.75, 3.05) is 6.61 Å². The molecule has 0 radical (unpaired) electrons. The van der Waals surface area contributed by atoms with Crippen LogP contribution in [0.5, 0.6) is 17.2 Å². The second kappa shape index (κ2) is 6.94. The number of hydrogen-bond acceptors (Lipinski definition) is 3. The van der Waals surface area contributed by atoms with Gasteiger partial charge in [-0.15, -0.1) is 0 Å². The van der Waals surface area contributed by atoms with Crippen LogP contribution in [-0.4, -0.2) is 6.61 Å². The predicted octanol–water partition coefficient (Wildman–Crippen LogP) is 4.72. The van der Waals surface area contributed by atoms with Crippen LogP contribution >= 0.6 is 8.38 Å². The molecule has 0 spiro atoms. The summed E-state index contributed by atoms with van der Waals surface area (Å²) in [6, 6.07) is 25.7. The lowest BCUT2D eigenvalue weighted by Crippen LogP contribution is -2.12. The fraction of sp³-hybridized carbons (Fsp3) is 0.100. The molecule has 0 saturated carbocycles. The molecule has 4 rings (SSSR count). The zero-order valence-electron chi connectivity index (χ0n) is 13.1. The monoisotopic (exact) mass is 336 g/mol. The van der Waals surface area contributed by atoms with Gasteiger partial charge in [0, 0.05) is 6.42 Å². The van der Waals surface area contributed by atoms with Crippen molar-refractivity contribution >= 4 is 13.7 Å². The van der Waals surface area contributed by atoms with Gasteiger partial charge >= 0.3 is 8.38 Å². The highest BCUT2D eigenvalue weighted by atomic mass is 31.2. The minimum absolute atomic E-state index is 0.714. The molecule has 0 saturated heterocycles. The second-order valence-electron chi connectivity index (χ2n) is 5.43. The van der Waals surface area contributed by atoms with Crippen molar-refractivity contribution in [1.29, 1.82) is 0 Å². The number of rotatable bonds is 5. The number of para-hydroxylation sites is 3. The third kappa shape index (κ3) is 3.22. The highest BCUT2D eigenvalue weighted by molar-refractivity contribution is 7.57. The second-order valence-corrected chi connectivity index (χ2v) is 6.79. The van der Waals surface area contributed by atoms with Crippen molar-refractivity contribution in [2.24, 2.45) is 0 Å². The molecule has 24 heavy (non-hydrogen) atoms. The van der Waals surface area contributed by atoms with E-state index in [1.54, 1.807) is 0 Å². The van der Waals surface area contributed by atoms with E-state index >= 15 is 0 Å². The Bertz CT molecular complexity index is 764. The highest BCUT2D eigenvalue weighted by Gasteiger charge is 2.27. The molecule has 0 atom stereocenters. The first-order chi connectivity index (χ1) is 11.9. The van der Waals surface area contributed by atoms with Crippen LogP contribution in [0.25, 0.3) is 0 Å². The Morgan fingerprint density at radius 3 is 1.96 bits per heavy atom. The van der Waals surface area contributed by atoms with Gasteiger partial charge in [0.05, 0.1) is 11.9 Å². The zero-order valence-corrected chi connectivity index (χ0v) is 14.0. The maximum Gasteiger partial charge on any atom is 0.329 e. The van der Waals surface area contributed by atoms with Crippen LogP contribution < -0.4 is 19.1 Å². The molecule has 0 N–H and O–H groups in total. The van der Waals surface area contributed by atoms with Crippen LogP contribution in [0.3, 0.4) is 0 Å². The number of hydrogen-bond donors (Lipinski definition) is 0. The van der Waals surface area contributed by atoms with E-state index in [4.69, 9.17) is 13.8 Å². The van der Waals surface area contributed by atoms with E-state index in [-0.39, 0.29) is 0 Å². The van der Waals surface area contributed by atoms with Gasteiger partial charge in [-0.05, 0) is 35.9 Å². The van der Waals surface area contributed by atoms with Crippen molar-refractivity contribution < 1.29 is 13.8 Å². The fourth-order valence-electron chi connectivity index (χ4n) is 2.61. The molecule has 1 heterocycles. The van der Waals surface area contributed by atoms with Gasteiger partial charge in [-0.25, -0.2) is 0 Å². The predicted molar refractivity (Wildman–Crippen MR) is 96.3 cm³/mol. The molecular weight excluding hydrogens is 319 g/mol. The molecule has 120 valence electrons. The van der Waals surface area contributed by atoms with Crippen molar-refractivity contribution in [2.45, 2.75) is 6.42 Å². The number of fused-ring (bicyclic) bond motifs is 1. The Morgan fingerprint density at radius 2 is 1.33 bits per heavy atom. The Balaban J connectivity index is 1.69. The average Bonchev–Trinajstić information content (AvgIpc) is 3.12. The summed E-state index contributed by atoms with van der Waals surface area (Å²) in [6.45, 7) is 0.714. The maximum atomic E-state index is 6.19. The summed E-state index contributed by atoms with van der Waals surface area (Å²) in [7, 11) is -1.34. The first-order valence-corrected chi connectivity index (χ1v) is 9.09. The molecule has 0 bridgehead atoms. The van der Waals surface area contributed by atoms with Gasteiger partial charge in [0.1, 0.15) is 17.2 Å². The van der Waals surface area contributed by atoms with E-state index in [0.717, 1.165) is 29.0 Å². The largest absolute Gasteiger partial charge is 0.492 e. The Labute approximate surface area is 142 Å². The van der Waals surface area contributed by atoms with Gasteiger partial charge in [-0.1, -0.05) is 48.5 Å². The van der Waals surface area contributed by atoms with Crippen molar-refractivity contribution in [1.82, 2.24) is 0 Å². The summed E-state index contributed by atoms with van der Waals surface area (Å²) in [5.74, 6) is 2.49. The lowest BCUT2D eigenvalue weighted by Gasteiger charge is -2.20. The first-order valence-electron chi connectivity index (χ1n) is 7.91. The molecule has 3 aromatic rings. The molecule has 0 aliphatic carbocycles. The standard InChI is InChI=1S/C20H17O3P/c1-3-9-17(10-4-1)22-24(23-18-11-5-2-6-12-18)19-13-7-8-16-14-15-21-20(16)19/h1-13H,14-15H2. The van der Waals surface area contributed by atoms with Crippen molar-refractivity contribution in [3.8, 4) is 17.2 Å². The molecule has 1 aliphatic rings. The molecule has 4 heteroatoms. The average molecular weight is 336 g/mol. The van der Waals surface area contributed by atoms with E-state index in [9.17, 15) is 0 Å². The van der Waals surface area contributed by atoms with Crippen LogP contribution in [-0.2, 0) is 6.42 Å². The van der Waals surface area contributed by atoms with Crippen LogP contribution in [0.15, 0.2) is 78.9 Å². The summed E-state index contributed by atoms with van der Waals surface area (Å²) in [5, 5.41) is 0.979. The quantitative estimate of drug-likeness (QED) is 0.631. The summed E-state index contributed by atoms with van der Waals surface area (Å²) in [6.07, 6.45) is 0.934. The van der Waals surface area contributed by atoms with Gasteiger partial charge in [0.15, 0.2) is 0 Å². The van der Waals surface area contributed by atoms with Gasteiger partial charge in [0.2, 0.25) is 0 Å². The molecule has 0 fully saturated rings. The van der Waals surface area contributed by atoms with Crippen LogP contribution in [0.1, 0.15) is 5.56 Å². The third-order valence-corrected chi connectivity index (χ3v) is 5.25. The van der Waals surface area contributed by atoms with Gasteiger partial charge < -0.3 is 13.8 Å². The molecule has 3 nitrogen and oxygen atoms in total. The van der Waals surface area contributed by atoms with E-state index in [2.05, 4.69) is 6.07 Å². The Morgan fingerprint density at radius 1 is 0.708 bits per heavy atom. The summed E-state index contributed by atoms with van der Waals surface area (Å²) in [4.78, 5) is 0. The Hall–Kier alpha value is -2.51. The van der Waals surface area contributed by atoms with E-state index in [1.807, 2.05) is 72.8 Å². The normalized spacial score (nSPS) is 12.5. The minimum atomic E-state index is -1.34. The third-order valence-electron chi connectivity index (χ3n) is 3.75. The van der Waals surface area contributed by atoms with Gasteiger partial charge in [-0.3, -0.25) is 0 Å². The first kappa shape index (κ1) is 15.0. The highest BCUT2D eigenvalue weighted by Crippen LogP contribution is 2.43. The maximum absolute atomic E-state index is 6.19. The van der Waals surface area contributed by atoms with Crippen molar-refractivity contribution in [3.05, 3.63) is 84.4 Å². The summed E-state index contributed by atoms with van der Waals surface area (Å²) in [5.41, 5.74) is 1.22. The molecular formula is C20H17O3P. The summed E-state index contributed by atoms with van der Waals surface area (Å²) < 4.78 is 18.2. The topological polar surface area (TPSA) is 27.7 Å². The lowest BCUT2D eigenvalue weighted by molar-refractivity contribution is 0.358. The Kier molecular flexibility index (Phi) is 4.35. The molecule has 0 unspecified atom stereocenters. The van der Waals surface area contributed by atoms with Crippen LogP contribution in [0.4, 0.5) is 0 Å². The summed E-state index contributed by atoms with van der Waals surface area (Å²) >= 11 is 0. The lowest BCUT2D eigenvalue weighted by atomic mass is 10.2. The minimum Gasteiger partial charge on any atom is -0.492 e.